The molecule has 0 saturated heterocycles. The van der Waals surface area contributed by atoms with Crippen molar-refractivity contribution in [2.45, 2.75) is 13.3 Å². The maximum atomic E-state index is 11.7. The van der Waals surface area contributed by atoms with E-state index in [1.54, 1.807) is 32.3 Å². The normalized spacial score (nSPS) is 10.5. The largest absolute Gasteiger partial charge is 0.353 e. The molecule has 0 atom stereocenters. The molecule has 0 fully saturated rings. The second kappa shape index (κ2) is 7.36. The number of nitrogens with one attached hydrogen (secondary N) is 1. The predicted molar refractivity (Wildman–Crippen MR) is 76.8 cm³/mol. The van der Waals surface area contributed by atoms with Crippen molar-refractivity contribution in [1.29, 1.82) is 0 Å². The fourth-order valence-corrected chi connectivity index (χ4v) is 1.47. The topological polar surface area (TPSA) is 49.4 Å². The maximum absolute atomic E-state index is 11.7. The third-order valence-corrected chi connectivity index (χ3v) is 2.54. The lowest BCUT2D eigenvalue weighted by Gasteiger charge is -2.09. The standard InChI is InChI=1S/C15H20N2O2/c1-4-11-16-14(18)10-7-12-5-8-13(9-6-12)15(19)17(2)3/h5-10H,4,11H2,1-3H3,(H,16,18)/b10-7+. The fourth-order valence-electron chi connectivity index (χ4n) is 1.47. The highest BCUT2D eigenvalue weighted by Gasteiger charge is 2.06. The highest BCUT2D eigenvalue weighted by atomic mass is 16.2. The lowest BCUT2D eigenvalue weighted by molar-refractivity contribution is -0.116. The molecule has 0 unspecified atom stereocenters. The number of carbonyl (C=O) groups is 2. The summed E-state index contributed by atoms with van der Waals surface area (Å²) in [6, 6.07) is 7.15. The average Bonchev–Trinajstić information content (AvgIpc) is 2.42. The molecule has 1 aromatic rings. The van der Waals surface area contributed by atoms with Gasteiger partial charge >= 0.3 is 0 Å². The van der Waals surface area contributed by atoms with Crippen LogP contribution in [-0.2, 0) is 4.79 Å². The molecule has 0 radical (unpaired) electrons. The molecule has 0 aliphatic carbocycles. The molecule has 0 aliphatic rings. The first kappa shape index (κ1) is 15.0. The molecule has 1 rings (SSSR count). The van der Waals surface area contributed by atoms with Crippen LogP contribution in [0.3, 0.4) is 0 Å². The van der Waals surface area contributed by atoms with Gasteiger partial charge in [-0.1, -0.05) is 19.1 Å². The van der Waals surface area contributed by atoms with Crippen LogP contribution in [0.5, 0.6) is 0 Å². The van der Waals surface area contributed by atoms with Crippen LogP contribution >= 0.6 is 0 Å². The van der Waals surface area contributed by atoms with Crippen molar-refractivity contribution >= 4 is 17.9 Å². The lowest BCUT2D eigenvalue weighted by Crippen LogP contribution is -2.21. The van der Waals surface area contributed by atoms with E-state index in [-0.39, 0.29) is 11.8 Å². The van der Waals surface area contributed by atoms with Crippen LogP contribution in [-0.4, -0.2) is 37.4 Å². The van der Waals surface area contributed by atoms with Gasteiger partial charge in [0.25, 0.3) is 5.91 Å². The molecular weight excluding hydrogens is 240 g/mol. The highest BCUT2D eigenvalue weighted by Crippen LogP contribution is 2.07. The Hall–Kier alpha value is -2.10. The monoisotopic (exact) mass is 260 g/mol. The lowest BCUT2D eigenvalue weighted by atomic mass is 10.1. The summed E-state index contributed by atoms with van der Waals surface area (Å²) in [6.45, 7) is 2.68. The average molecular weight is 260 g/mol. The molecule has 19 heavy (non-hydrogen) atoms. The number of hydrogen-bond acceptors (Lipinski definition) is 2. The Kier molecular flexibility index (Phi) is 5.79. The third kappa shape index (κ3) is 4.95. The zero-order chi connectivity index (χ0) is 14.3. The van der Waals surface area contributed by atoms with Crippen molar-refractivity contribution in [3.05, 3.63) is 41.5 Å². The quantitative estimate of drug-likeness (QED) is 0.822. The molecule has 4 nitrogen and oxygen atoms in total. The zero-order valence-electron chi connectivity index (χ0n) is 11.6. The summed E-state index contributed by atoms with van der Waals surface area (Å²) in [5, 5.41) is 2.76. The van der Waals surface area contributed by atoms with E-state index in [0.717, 1.165) is 12.0 Å². The van der Waals surface area contributed by atoms with Crippen molar-refractivity contribution < 1.29 is 9.59 Å². The molecule has 0 aliphatic heterocycles. The van der Waals surface area contributed by atoms with E-state index in [9.17, 15) is 9.59 Å². The van der Waals surface area contributed by atoms with E-state index < -0.39 is 0 Å². The summed E-state index contributed by atoms with van der Waals surface area (Å²) in [5.74, 6) is -0.133. The molecule has 0 heterocycles. The van der Waals surface area contributed by atoms with Gasteiger partial charge in [0, 0.05) is 32.3 Å². The Morgan fingerprint density at radius 2 is 1.84 bits per heavy atom. The molecule has 1 aromatic carbocycles. The van der Waals surface area contributed by atoms with Gasteiger partial charge in [0.2, 0.25) is 5.91 Å². The van der Waals surface area contributed by atoms with Gasteiger partial charge in [-0.25, -0.2) is 0 Å². The van der Waals surface area contributed by atoms with Crippen LogP contribution in [0.25, 0.3) is 6.08 Å². The van der Waals surface area contributed by atoms with Crippen LogP contribution in [0.2, 0.25) is 0 Å². The van der Waals surface area contributed by atoms with Gasteiger partial charge in [0.1, 0.15) is 0 Å². The minimum atomic E-state index is -0.102. The first-order valence-corrected chi connectivity index (χ1v) is 6.32. The number of benzene rings is 1. The second-order valence-electron chi connectivity index (χ2n) is 4.45. The summed E-state index contributed by atoms with van der Waals surface area (Å²) < 4.78 is 0. The van der Waals surface area contributed by atoms with Crippen molar-refractivity contribution in [2.75, 3.05) is 20.6 Å². The Labute approximate surface area is 114 Å². The molecular formula is C15H20N2O2. The van der Waals surface area contributed by atoms with Gasteiger partial charge in [-0.15, -0.1) is 0 Å². The number of carbonyl (C=O) groups excluding carboxylic acids is 2. The minimum absolute atomic E-state index is 0.0313. The van der Waals surface area contributed by atoms with Gasteiger partial charge in [-0.3, -0.25) is 9.59 Å². The molecule has 0 spiro atoms. The highest BCUT2D eigenvalue weighted by molar-refractivity contribution is 5.94. The summed E-state index contributed by atoms with van der Waals surface area (Å²) >= 11 is 0. The van der Waals surface area contributed by atoms with Crippen molar-refractivity contribution in [2.24, 2.45) is 0 Å². The zero-order valence-corrected chi connectivity index (χ0v) is 11.6. The van der Waals surface area contributed by atoms with E-state index >= 15 is 0 Å². The minimum Gasteiger partial charge on any atom is -0.353 e. The molecule has 4 heteroatoms. The third-order valence-electron chi connectivity index (χ3n) is 2.54. The van der Waals surface area contributed by atoms with E-state index in [4.69, 9.17) is 0 Å². The molecule has 0 saturated carbocycles. The number of rotatable bonds is 5. The fraction of sp³-hybridized carbons (Fsp3) is 0.333. The van der Waals surface area contributed by atoms with Gasteiger partial charge < -0.3 is 10.2 Å². The smallest absolute Gasteiger partial charge is 0.253 e. The van der Waals surface area contributed by atoms with Gasteiger partial charge in [-0.05, 0) is 30.2 Å². The summed E-state index contributed by atoms with van der Waals surface area (Å²) in [5.41, 5.74) is 1.53. The number of nitrogens with zero attached hydrogens (tertiary/aromatic N) is 1. The summed E-state index contributed by atoms with van der Waals surface area (Å²) in [4.78, 5) is 24.6. The van der Waals surface area contributed by atoms with E-state index in [2.05, 4.69) is 5.32 Å². The molecule has 1 N–H and O–H groups in total. The van der Waals surface area contributed by atoms with Crippen molar-refractivity contribution in [1.82, 2.24) is 10.2 Å². The van der Waals surface area contributed by atoms with Crippen LogP contribution < -0.4 is 5.32 Å². The molecule has 2 amide bonds. The van der Waals surface area contributed by atoms with E-state index in [1.165, 1.54) is 11.0 Å². The van der Waals surface area contributed by atoms with Gasteiger partial charge in [-0.2, -0.15) is 0 Å². The summed E-state index contributed by atoms with van der Waals surface area (Å²) in [7, 11) is 3.43. The molecule has 102 valence electrons. The van der Waals surface area contributed by atoms with Crippen LogP contribution in [0.15, 0.2) is 30.3 Å². The molecule has 0 aromatic heterocycles. The second-order valence-corrected chi connectivity index (χ2v) is 4.45. The number of hydrogen-bond donors (Lipinski definition) is 1. The first-order chi connectivity index (χ1) is 9.04. The van der Waals surface area contributed by atoms with Gasteiger partial charge in [0.15, 0.2) is 0 Å². The van der Waals surface area contributed by atoms with Crippen LogP contribution in [0.4, 0.5) is 0 Å². The Balaban J connectivity index is 2.64. The van der Waals surface area contributed by atoms with E-state index in [0.29, 0.717) is 12.1 Å². The van der Waals surface area contributed by atoms with Crippen molar-refractivity contribution in [3.63, 3.8) is 0 Å². The molecule has 0 bridgehead atoms. The van der Waals surface area contributed by atoms with Crippen LogP contribution in [0.1, 0.15) is 29.3 Å². The van der Waals surface area contributed by atoms with E-state index in [1.807, 2.05) is 19.1 Å². The Bertz CT molecular complexity index is 462. The SMILES string of the molecule is CCCNC(=O)/C=C/c1ccc(C(=O)N(C)C)cc1. The number of amides is 2. The van der Waals surface area contributed by atoms with Crippen molar-refractivity contribution in [3.8, 4) is 0 Å². The Morgan fingerprint density at radius 1 is 1.21 bits per heavy atom. The van der Waals surface area contributed by atoms with Gasteiger partial charge in [0.05, 0.1) is 0 Å². The predicted octanol–water partition coefficient (Wildman–Crippen LogP) is 1.93. The van der Waals surface area contributed by atoms with Crippen LogP contribution in [0, 0.1) is 0 Å². The Morgan fingerprint density at radius 3 is 2.37 bits per heavy atom. The maximum Gasteiger partial charge on any atom is 0.253 e. The summed E-state index contributed by atoms with van der Waals surface area (Å²) in [6.07, 6.45) is 4.15. The first-order valence-electron chi connectivity index (χ1n) is 6.32.